The molecule has 4 rings (SSSR count). The molecule has 6 heteroatoms. The summed E-state index contributed by atoms with van der Waals surface area (Å²) in [6, 6.07) is 18.0. The third-order valence-corrected chi connectivity index (χ3v) is 5.48. The molecule has 2 aliphatic rings. The lowest BCUT2D eigenvalue weighted by Crippen LogP contribution is -2.49. The van der Waals surface area contributed by atoms with Crippen LogP contribution in [0.25, 0.3) is 0 Å². The number of fused-ring (bicyclic) bond motifs is 2. The lowest BCUT2D eigenvalue weighted by atomic mass is 9.99. The summed E-state index contributed by atoms with van der Waals surface area (Å²) in [4.78, 5) is 13.0. The zero-order valence-corrected chi connectivity index (χ0v) is 16.5. The number of nitrogens with one attached hydrogen (secondary N) is 2. The second kappa shape index (κ2) is 8.96. The maximum absolute atomic E-state index is 13.0. The van der Waals surface area contributed by atoms with E-state index >= 15 is 0 Å². The molecule has 2 aliphatic heterocycles. The first-order valence-corrected chi connectivity index (χ1v) is 9.59. The number of benzene rings is 2. The zero-order valence-electron chi connectivity index (χ0n) is 14.9. The third-order valence-electron chi connectivity index (χ3n) is 5.23. The van der Waals surface area contributed by atoms with Gasteiger partial charge >= 0.3 is 0 Å². The molecule has 1 amide bonds. The number of ether oxygens (including phenoxy) is 1. The number of hydrogen-bond acceptors (Lipinski definition) is 3. The van der Waals surface area contributed by atoms with Crippen molar-refractivity contribution in [3.05, 3.63) is 65.2 Å². The van der Waals surface area contributed by atoms with Gasteiger partial charge in [0.15, 0.2) is 0 Å². The third kappa shape index (κ3) is 4.95. The Morgan fingerprint density at radius 2 is 1.67 bits per heavy atom. The van der Waals surface area contributed by atoms with E-state index in [2.05, 4.69) is 10.6 Å². The minimum atomic E-state index is -0.676. The molecule has 2 aromatic rings. The van der Waals surface area contributed by atoms with Crippen molar-refractivity contribution in [1.82, 2.24) is 10.6 Å². The zero-order chi connectivity index (χ0) is 17.9. The number of piperidine rings is 1. The summed E-state index contributed by atoms with van der Waals surface area (Å²) in [5.41, 5.74) is 0.844. The van der Waals surface area contributed by atoms with E-state index in [4.69, 9.17) is 16.3 Å². The molecule has 27 heavy (non-hydrogen) atoms. The van der Waals surface area contributed by atoms with E-state index in [1.54, 1.807) is 24.3 Å². The number of amides is 1. The fourth-order valence-electron chi connectivity index (χ4n) is 4.00. The summed E-state index contributed by atoms with van der Waals surface area (Å²) in [5.74, 6) is 0.543. The molecule has 2 aromatic carbocycles. The maximum Gasteiger partial charge on any atom is 0.266 e. The highest BCUT2D eigenvalue weighted by molar-refractivity contribution is 6.30. The molecule has 0 radical (unpaired) electrons. The summed E-state index contributed by atoms with van der Waals surface area (Å²) < 4.78 is 6.04. The van der Waals surface area contributed by atoms with Gasteiger partial charge in [0.25, 0.3) is 5.91 Å². The highest BCUT2D eigenvalue weighted by atomic mass is 35.5. The normalized spacial score (nSPS) is 24.6. The summed E-state index contributed by atoms with van der Waals surface area (Å²) in [6.45, 7) is 0. The van der Waals surface area contributed by atoms with Crippen molar-refractivity contribution in [3.8, 4) is 5.75 Å². The SMILES string of the molecule is Cl.O=C(NC1CC2CCC(C1)N2)C(Oc1ccc(Cl)cc1)c1ccccc1. The average molecular weight is 407 g/mol. The molecule has 3 unspecified atom stereocenters. The Morgan fingerprint density at radius 3 is 2.30 bits per heavy atom. The molecular weight excluding hydrogens is 383 g/mol. The molecular formula is C21H24Cl2N2O2. The van der Waals surface area contributed by atoms with Crippen LogP contribution >= 0.6 is 24.0 Å². The molecule has 2 bridgehead atoms. The van der Waals surface area contributed by atoms with E-state index < -0.39 is 6.10 Å². The lowest BCUT2D eigenvalue weighted by Gasteiger charge is -2.31. The van der Waals surface area contributed by atoms with Crippen LogP contribution in [0.3, 0.4) is 0 Å². The number of carbonyl (C=O) groups is 1. The van der Waals surface area contributed by atoms with Gasteiger partial charge in [0.05, 0.1) is 0 Å². The minimum absolute atomic E-state index is 0. The second-order valence-corrected chi connectivity index (χ2v) is 7.61. The van der Waals surface area contributed by atoms with Gasteiger partial charge in [0.2, 0.25) is 6.10 Å². The van der Waals surface area contributed by atoms with E-state index in [0.717, 1.165) is 18.4 Å². The Bertz CT molecular complexity index is 743. The van der Waals surface area contributed by atoms with Gasteiger partial charge in [0, 0.05) is 28.7 Å². The molecule has 144 valence electrons. The van der Waals surface area contributed by atoms with Crippen molar-refractivity contribution in [2.45, 2.75) is 49.9 Å². The number of carbonyl (C=O) groups excluding carboxylic acids is 1. The maximum atomic E-state index is 13.0. The van der Waals surface area contributed by atoms with Crippen molar-refractivity contribution >= 4 is 29.9 Å². The van der Waals surface area contributed by atoms with Crippen molar-refractivity contribution in [3.63, 3.8) is 0 Å². The van der Waals surface area contributed by atoms with Gasteiger partial charge in [-0.3, -0.25) is 4.79 Å². The minimum Gasteiger partial charge on any atom is -0.476 e. The topological polar surface area (TPSA) is 50.4 Å². The molecule has 2 heterocycles. The van der Waals surface area contributed by atoms with Crippen LogP contribution in [0.2, 0.25) is 5.02 Å². The number of halogens is 2. The Balaban J connectivity index is 0.00000210. The predicted molar refractivity (Wildman–Crippen MR) is 110 cm³/mol. The van der Waals surface area contributed by atoms with Crippen LogP contribution in [0.15, 0.2) is 54.6 Å². The number of hydrogen-bond donors (Lipinski definition) is 2. The first-order valence-electron chi connectivity index (χ1n) is 9.21. The summed E-state index contributed by atoms with van der Waals surface area (Å²) >= 11 is 5.95. The molecule has 2 fully saturated rings. The van der Waals surface area contributed by atoms with Crippen LogP contribution in [0, 0.1) is 0 Å². The fourth-order valence-corrected chi connectivity index (χ4v) is 4.13. The first kappa shape index (κ1) is 20.0. The van der Waals surface area contributed by atoms with Crippen molar-refractivity contribution in [2.75, 3.05) is 0 Å². The van der Waals surface area contributed by atoms with Crippen LogP contribution in [-0.4, -0.2) is 24.0 Å². The Hall–Kier alpha value is -1.75. The molecule has 3 atom stereocenters. The Labute approximate surface area is 171 Å². The summed E-state index contributed by atoms with van der Waals surface area (Å²) in [6.07, 6.45) is 3.72. The summed E-state index contributed by atoms with van der Waals surface area (Å²) in [5, 5.41) is 7.47. The molecule has 0 saturated carbocycles. The summed E-state index contributed by atoms with van der Waals surface area (Å²) in [7, 11) is 0. The van der Waals surface area contributed by atoms with E-state index in [1.807, 2.05) is 30.3 Å². The standard InChI is InChI=1S/C21H23ClN2O2.ClH/c22-15-6-10-19(11-7-15)26-20(14-4-2-1-3-5-14)21(25)24-18-12-16-8-9-17(13-18)23-16;/h1-7,10-11,16-18,20,23H,8-9,12-13H2,(H,24,25);1H. The average Bonchev–Trinajstić information content (AvgIpc) is 3.00. The van der Waals surface area contributed by atoms with Crippen LogP contribution in [0.4, 0.5) is 0 Å². The Kier molecular flexibility index (Phi) is 6.64. The lowest BCUT2D eigenvalue weighted by molar-refractivity contribution is -0.129. The van der Waals surface area contributed by atoms with Crippen LogP contribution < -0.4 is 15.4 Å². The van der Waals surface area contributed by atoms with Gasteiger partial charge in [-0.15, -0.1) is 12.4 Å². The highest BCUT2D eigenvalue weighted by Gasteiger charge is 2.35. The predicted octanol–water partition coefficient (Wildman–Crippen LogP) is 4.28. The van der Waals surface area contributed by atoms with E-state index in [9.17, 15) is 4.79 Å². The van der Waals surface area contributed by atoms with Gasteiger partial charge in [-0.2, -0.15) is 0 Å². The quantitative estimate of drug-likeness (QED) is 0.778. The van der Waals surface area contributed by atoms with Crippen molar-refractivity contribution in [2.24, 2.45) is 0 Å². The molecule has 0 aromatic heterocycles. The van der Waals surface area contributed by atoms with Crippen LogP contribution in [0.1, 0.15) is 37.4 Å². The highest BCUT2D eigenvalue weighted by Crippen LogP contribution is 2.28. The molecule has 2 saturated heterocycles. The van der Waals surface area contributed by atoms with Gasteiger partial charge < -0.3 is 15.4 Å². The second-order valence-electron chi connectivity index (χ2n) is 7.18. The fraction of sp³-hybridized carbons (Fsp3) is 0.381. The van der Waals surface area contributed by atoms with Gasteiger partial charge in [0.1, 0.15) is 5.75 Å². The largest absolute Gasteiger partial charge is 0.476 e. The van der Waals surface area contributed by atoms with E-state index in [0.29, 0.717) is 22.9 Å². The van der Waals surface area contributed by atoms with E-state index in [-0.39, 0.29) is 24.4 Å². The molecule has 4 nitrogen and oxygen atoms in total. The van der Waals surface area contributed by atoms with Gasteiger partial charge in [-0.1, -0.05) is 41.9 Å². The van der Waals surface area contributed by atoms with Crippen molar-refractivity contribution in [1.29, 1.82) is 0 Å². The first-order chi connectivity index (χ1) is 12.7. The van der Waals surface area contributed by atoms with Gasteiger partial charge in [-0.25, -0.2) is 0 Å². The van der Waals surface area contributed by atoms with Crippen LogP contribution in [0.5, 0.6) is 5.75 Å². The van der Waals surface area contributed by atoms with E-state index in [1.165, 1.54) is 12.8 Å². The smallest absolute Gasteiger partial charge is 0.266 e. The Morgan fingerprint density at radius 1 is 1.04 bits per heavy atom. The van der Waals surface area contributed by atoms with Crippen molar-refractivity contribution < 1.29 is 9.53 Å². The van der Waals surface area contributed by atoms with Crippen LogP contribution in [-0.2, 0) is 4.79 Å². The number of rotatable bonds is 5. The monoisotopic (exact) mass is 406 g/mol. The molecule has 2 N–H and O–H groups in total. The molecule has 0 spiro atoms. The molecule has 0 aliphatic carbocycles. The van der Waals surface area contributed by atoms with Gasteiger partial charge in [-0.05, 0) is 49.9 Å².